The Hall–Kier alpha value is -1.62. The highest BCUT2D eigenvalue weighted by Crippen LogP contribution is 2.09. The number of carbonyl (C=O) groups excluding carboxylic acids is 2. The van der Waals surface area contributed by atoms with E-state index < -0.39 is 6.10 Å². The van der Waals surface area contributed by atoms with Crippen molar-refractivity contribution in [2.45, 2.75) is 90.1 Å². The van der Waals surface area contributed by atoms with Gasteiger partial charge in [0.2, 0.25) is 0 Å². The molecule has 0 saturated carbocycles. The second kappa shape index (κ2) is 21.7. The highest BCUT2D eigenvalue weighted by atomic mass is 16.6. The number of hydrogen-bond donors (Lipinski definition) is 0. The Morgan fingerprint density at radius 3 is 2.14 bits per heavy atom. The normalized spacial score (nSPS) is 12.5. The number of rotatable bonds is 20. The van der Waals surface area contributed by atoms with Crippen LogP contribution in [0, 0.1) is 0 Å². The van der Waals surface area contributed by atoms with Gasteiger partial charge in [-0.25, -0.2) is 0 Å². The third-order valence-electron chi connectivity index (χ3n) is 4.36. The van der Waals surface area contributed by atoms with Crippen LogP contribution in [0.15, 0.2) is 24.3 Å². The van der Waals surface area contributed by atoms with E-state index in [0.717, 1.165) is 32.1 Å². The zero-order valence-electron chi connectivity index (χ0n) is 17.9. The van der Waals surface area contributed by atoms with Crippen LogP contribution in [-0.2, 0) is 23.8 Å². The smallest absolute Gasteiger partial charge is 0.305 e. The summed E-state index contributed by atoms with van der Waals surface area (Å²) in [6, 6.07) is 0. The van der Waals surface area contributed by atoms with Crippen molar-refractivity contribution < 1.29 is 23.8 Å². The van der Waals surface area contributed by atoms with Gasteiger partial charge in [-0.05, 0) is 38.5 Å². The van der Waals surface area contributed by atoms with Crippen molar-refractivity contribution >= 4 is 12.4 Å². The maximum Gasteiger partial charge on any atom is 0.305 e. The fourth-order valence-corrected chi connectivity index (χ4v) is 2.73. The topological polar surface area (TPSA) is 61.8 Å². The van der Waals surface area contributed by atoms with Crippen LogP contribution in [0.5, 0.6) is 0 Å². The number of unbranched alkanes of at least 4 members (excludes halogenated alkanes) is 8. The molecular weight excluding hydrogens is 356 g/mol. The molecule has 0 heterocycles. The van der Waals surface area contributed by atoms with E-state index >= 15 is 0 Å². The molecule has 162 valence electrons. The minimum Gasteiger partial charge on any atom is -0.462 e. The molecule has 0 aromatic heterocycles. The van der Waals surface area contributed by atoms with Crippen LogP contribution in [0.4, 0.5) is 0 Å². The van der Waals surface area contributed by atoms with E-state index in [2.05, 4.69) is 31.2 Å². The maximum atomic E-state index is 11.7. The Labute approximate surface area is 171 Å². The quantitative estimate of drug-likeness (QED) is 0.117. The van der Waals surface area contributed by atoms with Crippen LogP contribution in [0.2, 0.25) is 0 Å². The molecule has 0 bridgehead atoms. The largest absolute Gasteiger partial charge is 0.462 e. The molecule has 5 heteroatoms. The van der Waals surface area contributed by atoms with E-state index in [1.165, 1.54) is 45.6 Å². The average molecular weight is 397 g/mol. The lowest BCUT2D eigenvalue weighted by molar-refractivity contribution is -0.154. The molecule has 0 saturated heterocycles. The van der Waals surface area contributed by atoms with Crippen molar-refractivity contribution in [3.63, 3.8) is 0 Å². The number of allylic oxidation sites excluding steroid dienone is 4. The van der Waals surface area contributed by atoms with Gasteiger partial charge in [0.05, 0.1) is 6.61 Å². The number of ether oxygens (including phenoxy) is 3. The number of hydrogen-bond acceptors (Lipinski definition) is 5. The molecule has 0 aliphatic heterocycles. The molecular formula is C23H40O5. The van der Waals surface area contributed by atoms with Crippen molar-refractivity contribution in [3.8, 4) is 0 Å². The van der Waals surface area contributed by atoms with E-state index in [9.17, 15) is 9.59 Å². The van der Waals surface area contributed by atoms with Crippen LogP contribution in [0.1, 0.15) is 84.0 Å². The van der Waals surface area contributed by atoms with Crippen molar-refractivity contribution in [1.29, 1.82) is 0 Å². The zero-order valence-corrected chi connectivity index (χ0v) is 17.9. The second-order valence-corrected chi connectivity index (χ2v) is 6.97. The lowest BCUT2D eigenvalue weighted by Gasteiger charge is -2.14. The number of methoxy groups -OCH3 is 1. The summed E-state index contributed by atoms with van der Waals surface area (Å²) in [5.41, 5.74) is 0. The molecule has 28 heavy (non-hydrogen) atoms. The van der Waals surface area contributed by atoms with E-state index in [1.54, 1.807) is 0 Å². The Balaban J connectivity index is 3.45. The highest BCUT2D eigenvalue weighted by Gasteiger charge is 2.12. The van der Waals surface area contributed by atoms with Gasteiger partial charge in [-0.15, -0.1) is 0 Å². The molecule has 0 aliphatic rings. The third kappa shape index (κ3) is 19.2. The Morgan fingerprint density at radius 2 is 1.50 bits per heavy atom. The lowest BCUT2D eigenvalue weighted by Crippen LogP contribution is -2.26. The molecule has 0 N–H and O–H groups in total. The monoisotopic (exact) mass is 396 g/mol. The molecule has 0 amide bonds. The van der Waals surface area contributed by atoms with Gasteiger partial charge < -0.3 is 14.2 Å². The predicted octanol–water partition coefficient (Wildman–Crippen LogP) is 5.53. The molecule has 0 rings (SSSR count). The van der Waals surface area contributed by atoms with Gasteiger partial charge in [0.15, 0.2) is 6.10 Å². The zero-order chi connectivity index (χ0) is 20.7. The summed E-state index contributed by atoms with van der Waals surface area (Å²) < 4.78 is 14.8. The van der Waals surface area contributed by atoms with Crippen LogP contribution < -0.4 is 0 Å². The van der Waals surface area contributed by atoms with Gasteiger partial charge in [0.25, 0.3) is 6.47 Å². The standard InChI is InChI=1S/C23H40O5/c1-3-4-5-6-7-8-9-10-11-12-13-14-15-16-17-18-23(25)27-20-22(19-26-2)28-21-24/h7-8,10-11,21-22H,3-6,9,12-20H2,1-2H3/b8-7-,11-10-. The molecule has 0 radical (unpaired) electrons. The lowest BCUT2D eigenvalue weighted by atomic mass is 10.1. The summed E-state index contributed by atoms with van der Waals surface area (Å²) in [5.74, 6) is -0.249. The summed E-state index contributed by atoms with van der Waals surface area (Å²) in [6.07, 6.45) is 21.6. The SMILES string of the molecule is CCCCC/C=C\C/C=C\CCCCCCCC(=O)OCC(COC)OC=O. The first-order valence-corrected chi connectivity index (χ1v) is 10.8. The van der Waals surface area contributed by atoms with Gasteiger partial charge in [-0.2, -0.15) is 0 Å². The van der Waals surface area contributed by atoms with Crippen LogP contribution in [-0.4, -0.2) is 38.9 Å². The van der Waals surface area contributed by atoms with Gasteiger partial charge >= 0.3 is 5.97 Å². The van der Waals surface area contributed by atoms with E-state index in [1.807, 2.05) is 0 Å². The van der Waals surface area contributed by atoms with Gasteiger partial charge in [-0.3, -0.25) is 9.59 Å². The molecule has 1 atom stereocenters. The van der Waals surface area contributed by atoms with Crippen LogP contribution in [0.3, 0.4) is 0 Å². The first-order chi connectivity index (χ1) is 13.7. The third-order valence-corrected chi connectivity index (χ3v) is 4.36. The minimum atomic E-state index is -0.531. The molecule has 0 aromatic rings. The molecule has 0 aliphatic carbocycles. The summed E-state index contributed by atoms with van der Waals surface area (Å²) in [6.45, 7) is 2.84. The molecule has 5 nitrogen and oxygen atoms in total. The summed E-state index contributed by atoms with van der Waals surface area (Å²) in [7, 11) is 1.51. The number of esters is 1. The van der Waals surface area contributed by atoms with Gasteiger partial charge in [0, 0.05) is 13.5 Å². The van der Waals surface area contributed by atoms with E-state index in [0.29, 0.717) is 12.9 Å². The maximum absolute atomic E-state index is 11.7. The first-order valence-electron chi connectivity index (χ1n) is 10.8. The minimum absolute atomic E-state index is 0.0473. The van der Waals surface area contributed by atoms with Crippen LogP contribution >= 0.6 is 0 Å². The van der Waals surface area contributed by atoms with E-state index in [-0.39, 0.29) is 19.2 Å². The molecule has 0 spiro atoms. The molecule has 0 fully saturated rings. The highest BCUT2D eigenvalue weighted by molar-refractivity contribution is 5.69. The van der Waals surface area contributed by atoms with Crippen molar-refractivity contribution in [1.82, 2.24) is 0 Å². The predicted molar refractivity (Wildman–Crippen MR) is 113 cm³/mol. The Morgan fingerprint density at radius 1 is 0.857 bits per heavy atom. The first kappa shape index (κ1) is 26.4. The Kier molecular flexibility index (Phi) is 20.4. The average Bonchev–Trinajstić information content (AvgIpc) is 2.69. The second-order valence-electron chi connectivity index (χ2n) is 6.97. The van der Waals surface area contributed by atoms with E-state index in [4.69, 9.17) is 14.2 Å². The van der Waals surface area contributed by atoms with Crippen molar-refractivity contribution in [2.24, 2.45) is 0 Å². The van der Waals surface area contributed by atoms with Gasteiger partial charge in [0.1, 0.15) is 6.61 Å². The summed E-state index contributed by atoms with van der Waals surface area (Å²) in [4.78, 5) is 22.0. The van der Waals surface area contributed by atoms with Crippen molar-refractivity contribution in [3.05, 3.63) is 24.3 Å². The number of carbonyl (C=O) groups is 2. The van der Waals surface area contributed by atoms with Crippen LogP contribution in [0.25, 0.3) is 0 Å². The van der Waals surface area contributed by atoms with Crippen molar-refractivity contribution in [2.75, 3.05) is 20.3 Å². The van der Waals surface area contributed by atoms with Gasteiger partial charge in [-0.1, -0.05) is 63.3 Å². The molecule has 1 unspecified atom stereocenters. The summed E-state index contributed by atoms with van der Waals surface area (Å²) in [5, 5.41) is 0. The fraction of sp³-hybridized carbons (Fsp3) is 0.739. The molecule has 0 aromatic carbocycles. The Bertz CT molecular complexity index is 417. The fourth-order valence-electron chi connectivity index (χ4n) is 2.73. The summed E-state index contributed by atoms with van der Waals surface area (Å²) >= 11 is 0.